The van der Waals surface area contributed by atoms with Crippen LogP contribution in [0.4, 0.5) is 0 Å². The molecule has 1 aromatic rings. The van der Waals surface area contributed by atoms with E-state index >= 15 is 0 Å². The predicted octanol–water partition coefficient (Wildman–Crippen LogP) is 3.10. The monoisotopic (exact) mass is 290 g/mol. The summed E-state index contributed by atoms with van der Waals surface area (Å²) in [6.45, 7) is 2.97. The first-order valence-electron chi connectivity index (χ1n) is 5.16. The third-order valence-corrected chi connectivity index (χ3v) is 4.30. The average molecular weight is 291 g/mol. The smallest absolute Gasteiger partial charge is 0.0701 e. The van der Waals surface area contributed by atoms with Gasteiger partial charge in [0.1, 0.15) is 0 Å². The summed E-state index contributed by atoms with van der Waals surface area (Å²) in [4.78, 5) is 3.68. The van der Waals surface area contributed by atoms with E-state index in [0.717, 1.165) is 13.0 Å². The van der Waals surface area contributed by atoms with Crippen molar-refractivity contribution in [3.05, 3.63) is 20.8 Å². The minimum absolute atomic E-state index is 0.486. The minimum Gasteiger partial charge on any atom is -0.330 e. The molecule has 4 heteroatoms. The molecule has 0 spiro atoms. The molecular formula is C11H19BrN2S. The fraction of sp³-hybridized carbons (Fsp3) is 0.636. The van der Waals surface area contributed by atoms with Gasteiger partial charge in [-0.2, -0.15) is 0 Å². The van der Waals surface area contributed by atoms with Crippen molar-refractivity contribution in [2.75, 3.05) is 20.6 Å². The highest BCUT2D eigenvalue weighted by atomic mass is 79.9. The number of halogens is 1. The van der Waals surface area contributed by atoms with Gasteiger partial charge in [0.05, 0.1) is 3.79 Å². The molecule has 2 N–H and O–H groups in total. The van der Waals surface area contributed by atoms with Crippen LogP contribution in [0.3, 0.4) is 0 Å². The Morgan fingerprint density at radius 2 is 2.13 bits per heavy atom. The van der Waals surface area contributed by atoms with Crippen molar-refractivity contribution >= 4 is 27.3 Å². The lowest BCUT2D eigenvalue weighted by Gasteiger charge is -2.25. The molecule has 0 bridgehead atoms. The van der Waals surface area contributed by atoms with E-state index in [2.05, 4.69) is 54.0 Å². The van der Waals surface area contributed by atoms with E-state index in [1.807, 2.05) is 11.3 Å². The Hall–Kier alpha value is 0.1000. The van der Waals surface area contributed by atoms with Crippen LogP contribution in [0, 0.1) is 5.92 Å². The summed E-state index contributed by atoms with van der Waals surface area (Å²) in [6.07, 6.45) is 1.12. The van der Waals surface area contributed by atoms with Gasteiger partial charge < -0.3 is 10.6 Å². The molecule has 0 aromatic carbocycles. The molecule has 2 atom stereocenters. The van der Waals surface area contributed by atoms with Crippen LogP contribution in [-0.4, -0.2) is 25.5 Å². The van der Waals surface area contributed by atoms with Gasteiger partial charge in [-0.25, -0.2) is 0 Å². The average Bonchev–Trinajstić information content (AvgIpc) is 2.60. The zero-order valence-corrected chi connectivity index (χ0v) is 11.9. The van der Waals surface area contributed by atoms with Crippen molar-refractivity contribution in [2.24, 2.45) is 11.7 Å². The van der Waals surface area contributed by atoms with Crippen LogP contribution in [0.1, 0.15) is 24.3 Å². The zero-order chi connectivity index (χ0) is 11.4. The predicted molar refractivity (Wildman–Crippen MR) is 71.3 cm³/mol. The molecule has 0 aliphatic heterocycles. The van der Waals surface area contributed by atoms with Gasteiger partial charge in [-0.15, -0.1) is 11.3 Å². The molecule has 0 saturated carbocycles. The Morgan fingerprint density at radius 1 is 1.47 bits per heavy atom. The van der Waals surface area contributed by atoms with E-state index in [1.165, 1.54) is 8.66 Å². The van der Waals surface area contributed by atoms with Gasteiger partial charge in [-0.05, 0) is 61.0 Å². The highest BCUT2D eigenvalue weighted by Crippen LogP contribution is 2.33. The molecule has 2 unspecified atom stereocenters. The normalized spacial score (nSPS) is 15.6. The van der Waals surface area contributed by atoms with Gasteiger partial charge in [0.25, 0.3) is 0 Å². The third-order valence-electron chi connectivity index (χ3n) is 2.57. The molecule has 0 amide bonds. The molecule has 0 saturated heterocycles. The Balaban J connectivity index is 2.74. The lowest BCUT2D eigenvalue weighted by molar-refractivity contribution is 0.259. The number of hydrogen-bond donors (Lipinski definition) is 1. The van der Waals surface area contributed by atoms with Crippen LogP contribution in [-0.2, 0) is 0 Å². The maximum absolute atomic E-state index is 5.68. The standard InChI is InChI=1S/C11H19BrN2S/c1-8(7-13)6-9(14(2)3)10-4-5-11(12)15-10/h4-5,8-9H,6-7,13H2,1-3H3. The Kier molecular flexibility index (Phi) is 5.26. The summed E-state index contributed by atoms with van der Waals surface area (Å²) >= 11 is 5.32. The summed E-state index contributed by atoms with van der Waals surface area (Å²) < 4.78 is 1.20. The SMILES string of the molecule is CC(CN)CC(c1ccc(Br)s1)N(C)C. The fourth-order valence-electron chi connectivity index (χ4n) is 1.57. The highest BCUT2D eigenvalue weighted by Gasteiger charge is 2.18. The van der Waals surface area contributed by atoms with Crippen molar-refractivity contribution < 1.29 is 0 Å². The first-order valence-corrected chi connectivity index (χ1v) is 6.77. The highest BCUT2D eigenvalue weighted by molar-refractivity contribution is 9.11. The largest absolute Gasteiger partial charge is 0.330 e. The van der Waals surface area contributed by atoms with Gasteiger partial charge >= 0.3 is 0 Å². The molecule has 1 heterocycles. The molecule has 86 valence electrons. The maximum Gasteiger partial charge on any atom is 0.0701 e. The van der Waals surface area contributed by atoms with Crippen molar-refractivity contribution in [1.29, 1.82) is 0 Å². The molecular weight excluding hydrogens is 272 g/mol. The minimum atomic E-state index is 0.486. The number of hydrogen-bond acceptors (Lipinski definition) is 3. The van der Waals surface area contributed by atoms with Gasteiger partial charge in [-0.1, -0.05) is 6.92 Å². The van der Waals surface area contributed by atoms with Crippen LogP contribution in [0.15, 0.2) is 15.9 Å². The number of rotatable bonds is 5. The van der Waals surface area contributed by atoms with Crippen LogP contribution in [0.5, 0.6) is 0 Å². The second kappa shape index (κ2) is 5.99. The molecule has 0 fully saturated rings. The number of thiophene rings is 1. The third kappa shape index (κ3) is 3.87. The molecule has 1 rings (SSSR count). The first-order chi connectivity index (χ1) is 7.04. The number of nitrogens with zero attached hydrogens (tertiary/aromatic N) is 1. The molecule has 15 heavy (non-hydrogen) atoms. The van der Waals surface area contributed by atoms with E-state index in [4.69, 9.17) is 5.73 Å². The zero-order valence-electron chi connectivity index (χ0n) is 9.53. The Morgan fingerprint density at radius 3 is 2.53 bits per heavy atom. The van der Waals surface area contributed by atoms with Crippen molar-refractivity contribution in [3.63, 3.8) is 0 Å². The first kappa shape index (κ1) is 13.2. The summed E-state index contributed by atoms with van der Waals surface area (Å²) in [5.41, 5.74) is 5.68. The lowest BCUT2D eigenvalue weighted by atomic mass is 10.0. The van der Waals surface area contributed by atoms with Crippen LogP contribution >= 0.6 is 27.3 Å². The van der Waals surface area contributed by atoms with Crippen LogP contribution < -0.4 is 5.73 Å². The van der Waals surface area contributed by atoms with Gasteiger partial charge in [-0.3, -0.25) is 0 Å². The van der Waals surface area contributed by atoms with E-state index in [-0.39, 0.29) is 0 Å². The quantitative estimate of drug-likeness (QED) is 0.903. The van der Waals surface area contributed by atoms with Crippen molar-refractivity contribution in [1.82, 2.24) is 4.90 Å². The topological polar surface area (TPSA) is 29.3 Å². The van der Waals surface area contributed by atoms with E-state index in [9.17, 15) is 0 Å². The van der Waals surface area contributed by atoms with Crippen molar-refractivity contribution in [2.45, 2.75) is 19.4 Å². The lowest BCUT2D eigenvalue weighted by Crippen LogP contribution is -2.23. The second-order valence-corrected chi connectivity index (χ2v) is 6.69. The Labute approximate surface area is 105 Å². The van der Waals surface area contributed by atoms with E-state index < -0.39 is 0 Å². The van der Waals surface area contributed by atoms with Crippen LogP contribution in [0.2, 0.25) is 0 Å². The van der Waals surface area contributed by atoms with E-state index in [1.54, 1.807) is 0 Å². The molecule has 0 aliphatic rings. The molecule has 0 aliphatic carbocycles. The molecule has 2 nitrogen and oxygen atoms in total. The van der Waals surface area contributed by atoms with Gasteiger partial charge in [0.2, 0.25) is 0 Å². The summed E-state index contributed by atoms with van der Waals surface area (Å²) in [7, 11) is 4.25. The van der Waals surface area contributed by atoms with Crippen molar-refractivity contribution in [3.8, 4) is 0 Å². The maximum atomic E-state index is 5.68. The summed E-state index contributed by atoms with van der Waals surface area (Å²) in [6, 6.07) is 4.80. The fourth-order valence-corrected chi connectivity index (χ4v) is 3.20. The molecule has 1 aromatic heterocycles. The van der Waals surface area contributed by atoms with E-state index in [0.29, 0.717) is 12.0 Å². The Bertz CT molecular complexity index is 299. The van der Waals surface area contributed by atoms with Gasteiger partial charge in [0, 0.05) is 10.9 Å². The van der Waals surface area contributed by atoms with Crippen LogP contribution in [0.25, 0.3) is 0 Å². The summed E-state index contributed by atoms with van der Waals surface area (Å²) in [5, 5.41) is 0. The number of nitrogens with two attached hydrogens (primary N) is 1. The molecule has 0 radical (unpaired) electrons. The summed E-state index contributed by atoms with van der Waals surface area (Å²) in [5.74, 6) is 0.568. The second-order valence-electron chi connectivity index (χ2n) is 4.20. The van der Waals surface area contributed by atoms with Gasteiger partial charge in [0.15, 0.2) is 0 Å².